The van der Waals surface area contributed by atoms with E-state index in [1.165, 1.54) is 25.7 Å². The summed E-state index contributed by atoms with van der Waals surface area (Å²) in [5.74, 6) is 0.659. The van der Waals surface area contributed by atoms with Crippen LogP contribution in [0, 0.1) is 5.92 Å². The zero-order valence-electron chi connectivity index (χ0n) is 12.7. The van der Waals surface area contributed by atoms with E-state index in [1.807, 2.05) is 0 Å². The summed E-state index contributed by atoms with van der Waals surface area (Å²) in [5, 5.41) is 13.3. The highest BCUT2D eigenvalue weighted by Crippen LogP contribution is 2.12. The summed E-state index contributed by atoms with van der Waals surface area (Å²) >= 11 is 0. The summed E-state index contributed by atoms with van der Waals surface area (Å²) in [6, 6.07) is 0. The van der Waals surface area contributed by atoms with Gasteiger partial charge in [0.05, 0.1) is 12.7 Å². The summed E-state index contributed by atoms with van der Waals surface area (Å²) in [7, 11) is 0. The molecule has 0 saturated carbocycles. The molecule has 2 atom stereocenters. The quantitative estimate of drug-likeness (QED) is 0.632. The number of aliphatic hydroxyl groups excluding tert-OH is 1. The second-order valence-electron chi connectivity index (χ2n) is 5.66. The molecule has 1 heterocycles. The van der Waals surface area contributed by atoms with Crippen molar-refractivity contribution in [2.45, 2.75) is 45.6 Å². The van der Waals surface area contributed by atoms with Gasteiger partial charge in [-0.2, -0.15) is 0 Å². The third-order valence-electron chi connectivity index (χ3n) is 3.89. The summed E-state index contributed by atoms with van der Waals surface area (Å²) in [6.45, 7) is 10.6. The second kappa shape index (κ2) is 10.6. The van der Waals surface area contributed by atoms with Crippen LogP contribution in [0.5, 0.6) is 0 Å². The summed E-state index contributed by atoms with van der Waals surface area (Å²) < 4.78 is 5.69. The topological polar surface area (TPSA) is 44.7 Å². The fraction of sp³-hybridized carbons (Fsp3) is 1.00. The van der Waals surface area contributed by atoms with E-state index in [1.54, 1.807) is 0 Å². The number of unbranched alkanes of at least 4 members (excludes halogenated alkanes) is 1. The number of nitrogens with zero attached hydrogens (tertiary/aromatic N) is 1. The largest absolute Gasteiger partial charge is 0.389 e. The average Bonchev–Trinajstić information content (AvgIpc) is 2.43. The van der Waals surface area contributed by atoms with Crippen LogP contribution in [0.25, 0.3) is 0 Å². The highest BCUT2D eigenvalue weighted by molar-refractivity contribution is 4.71. The lowest BCUT2D eigenvalue weighted by Gasteiger charge is -2.29. The van der Waals surface area contributed by atoms with Crippen LogP contribution in [0.4, 0.5) is 0 Å². The van der Waals surface area contributed by atoms with Gasteiger partial charge >= 0.3 is 0 Å². The Balaban J connectivity index is 2.06. The lowest BCUT2D eigenvalue weighted by Crippen LogP contribution is -2.47. The fourth-order valence-electron chi connectivity index (χ4n) is 2.51. The first-order chi connectivity index (χ1) is 9.26. The van der Waals surface area contributed by atoms with E-state index < -0.39 is 0 Å². The van der Waals surface area contributed by atoms with Gasteiger partial charge in [-0.3, -0.25) is 4.90 Å². The van der Waals surface area contributed by atoms with Crippen LogP contribution in [0.2, 0.25) is 0 Å². The standard InChI is InChI=1S/C15H32N2O2/c1-3-5-6-14(4-2)12-19-13-15(18)11-17-9-7-16-8-10-17/h14-16,18H,3-13H2,1-2H3. The Bertz CT molecular complexity index is 208. The molecule has 2 N–H and O–H groups in total. The third kappa shape index (κ3) is 7.88. The van der Waals surface area contributed by atoms with Gasteiger partial charge in [0.2, 0.25) is 0 Å². The number of ether oxygens (including phenoxy) is 1. The first-order valence-corrected chi connectivity index (χ1v) is 7.95. The van der Waals surface area contributed by atoms with E-state index in [0.717, 1.165) is 39.3 Å². The second-order valence-corrected chi connectivity index (χ2v) is 5.66. The lowest BCUT2D eigenvalue weighted by molar-refractivity contribution is 0.00151. The molecule has 0 bridgehead atoms. The smallest absolute Gasteiger partial charge is 0.0900 e. The van der Waals surface area contributed by atoms with E-state index >= 15 is 0 Å². The molecule has 19 heavy (non-hydrogen) atoms. The van der Waals surface area contributed by atoms with Gasteiger partial charge in [0.25, 0.3) is 0 Å². The van der Waals surface area contributed by atoms with Crippen molar-refractivity contribution in [1.82, 2.24) is 10.2 Å². The Morgan fingerprint density at radius 2 is 1.95 bits per heavy atom. The van der Waals surface area contributed by atoms with Crippen LogP contribution >= 0.6 is 0 Å². The minimum Gasteiger partial charge on any atom is -0.389 e. The number of piperazine rings is 1. The van der Waals surface area contributed by atoms with Gasteiger partial charge in [0.1, 0.15) is 0 Å². The SMILES string of the molecule is CCCCC(CC)COCC(O)CN1CCNCC1. The van der Waals surface area contributed by atoms with Crippen molar-refractivity contribution < 1.29 is 9.84 Å². The molecule has 0 spiro atoms. The van der Waals surface area contributed by atoms with Crippen LogP contribution in [0.15, 0.2) is 0 Å². The number of hydrogen-bond donors (Lipinski definition) is 2. The molecule has 0 aromatic heterocycles. The third-order valence-corrected chi connectivity index (χ3v) is 3.89. The molecule has 114 valence electrons. The maximum absolute atomic E-state index is 9.98. The molecule has 1 aliphatic rings. The van der Waals surface area contributed by atoms with Crippen molar-refractivity contribution in [2.24, 2.45) is 5.92 Å². The van der Waals surface area contributed by atoms with Crippen molar-refractivity contribution in [2.75, 3.05) is 45.9 Å². The van der Waals surface area contributed by atoms with E-state index in [4.69, 9.17) is 4.74 Å². The molecular formula is C15H32N2O2. The molecule has 0 aromatic carbocycles. The van der Waals surface area contributed by atoms with Crippen molar-refractivity contribution in [1.29, 1.82) is 0 Å². The normalized spacial score (nSPS) is 20.4. The van der Waals surface area contributed by atoms with Gasteiger partial charge in [-0.05, 0) is 12.3 Å². The minimum atomic E-state index is -0.346. The average molecular weight is 272 g/mol. The Morgan fingerprint density at radius 3 is 2.58 bits per heavy atom. The molecule has 0 radical (unpaired) electrons. The molecule has 1 saturated heterocycles. The lowest BCUT2D eigenvalue weighted by atomic mass is 10.0. The zero-order chi connectivity index (χ0) is 13.9. The summed E-state index contributed by atoms with van der Waals surface area (Å²) in [4.78, 5) is 2.30. The Labute approximate surface area is 118 Å². The van der Waals surface area contributed by atoms with Gasteiger partial charge in [-0.15, -0.1) is 0 Å². The van der Waals surface area contributed by atoms with Crippen molar-refractivity contribution >= 4 is 0 Å². The van der Waals surface area contributed by atoms with Crippen LogP contribution in [0.1, 0.15) is 39.5 Å². The minimum absolute atomic E-state index is 0.346. The number of hydrogen-bond acceptors (Lipinski definition) is 4. The van der Waals surface area contributed by atoms with Gasteiger partial charge < -0.3 is 15.2 Å². The molecular weight excluding hydrogens is 240 g/mol. The molecule has 1 rings (SSSR count). The molecule has 2 unspecified atom stereocenters. The number of β-amino-alcohol motifs (C(OH)–C–C–N with tert-alkyl or cyclic N) is 1. The first-order valence-electron chi connectivity index (χ1n) is 7.95. The molecule has 4 heteroatoms. The van der Waals surface area contributed by atoms with Crippen LogP contribution < -0.4 is 5.32 Å². The van der Waals surface area contributed by atoms with E-state index in [9.17, 15) is 5.11 Å². The van der Waals surface area contributed by atoms with Crippen LogP contribution in [-0.2, 0) is 4.74 Å². The summed E-state index contributed by atoms with van der Waals surface area (Å²) in [5.41, 5.74) is 0. The van der Waals surface area contributed by atoms with Crippen molar-refractivity contribution in [3.8, 4) is 0 Å². The maximum Gasteiger partial charge on any atom is 0.0900 e. The highest BCUT2D eigenvalue weighted by atomic mass is 16.5. The zero-order valence-corrected chi connectivity index (χ0v) is 12.7. The Kier molecular flexibility index (Phi) is 9.43. The number of aliphatic hydroxyl groups is 1. The van der Waals surface area contributed by atoms with E-state index in [0.29, 0.717) is 12.5 Å². The molecule has 0 amide bonds. The first kappa shape index (κ1) is 16.9. The van der Waals surface area contributed by atoms with Crippen LogP contribution in [0.3, 0.4) is 0 Å². The van der Waals surface area contributed by atoms with E-state index in [-0.39, 0.29) is 6.10 Å². The molecule has 1 aliphatic heterocycles. The number of rotatable bonds is 10. The van der Waals surface area contributed by atoms with Gasteiger partial charge in [0.15, 0.2) is 0 Å². The van der Waals surface area contributed by atoms with Crippen LogP contribution in [-0.4, -0.2) is 62.0 Å². The van der Waals surface area contributed by atoms with Gasteiger partial charge in [0, 0.05) is 39.3 Å². The summed E-state index contributed by atoms with van der Waals surface area (Å²) in [6.07, 6.45) is 4.61. The van der Waals surface area contributed by atoms with Crippen molar-refractivity contribution in [3.63, 3.8) is 0 Å². The molecule has 0 aliphatic carbocycles. The molecule has 4 nitrogen and oxygen atoms in total. The monoisotopic (exact) mass is 272 g/mol. The molecule has 1 fully saturated rings. The molecule has 0 aromatic rings. The van der Waals surface area contributed by atoms with Gasteiger partial charge in [-0.1, -0.05) is 33.1 Å². The predicted molar refractivity (Wildman–Crippen MR) is 79.4 cm³/mol. The number of nitrogens with one attached hydrogen (secondary N) is 1. The fourth-order valence-corrected chi connectivity index (χ4v) is 2.51. The Hall–Kier alpha value is -0.160. The Morgan fingerprint density at radius 1 is 1.21 bits per heavy atom. The van der Waals surface area contributed by atoms with E-state index in [2.05, 4.69) is 24.1 Å². The van der Waals surface area contributed by atoms with Crippen molar-refractivity contribution in [3.05, 3.63) is 0 Å². The van der Waals surface area contributed by atoms with Gasteiger partial charge in [-0.25, -0.2) is 0 Å². The highest BCUT2D eigenvalue weighted by Gasteiger charge is 2.15. The predicted octanol–water partition coefficient (Wildman–Crippen LogP) is 1.49. The maximum atomic E-state index is 9.98.